The van der Waals surface area contributed by atoms with Gasteiger partial charge in [0.1, 0.15) is 0 Å². The fourth-order valence-corrected chi connectivity index (χ4v) is 1.32. The van der Waals surface area contributed by atoms with Crippen molar-refractivity contribution >= 4 is 6.15 Å². The molecule has 0 amide bonds. The maximum absolute atomic E-state index is 8.12. The molecule has 1 fully saturated rings. The predicted molar refractivity (Wildman–Crippen MR) is 57.6 cm³/mol. The summed E-state index contributed by atoms with van der Waals surface area (Å²) in [5, 5.41) is 0. The van der Waals surface area contributed by atoms with Gasteiger partial charge in [0, 0.05) is 19.4 Å². The molecule has 1 aliphatic heterocycles. The summed E-state index contributed by atoms with van der Waals surface area (Å²) in [7, 11) is 0. The summed E-state index contributed by atoms with van der Waals surface area (Å²) in [5.41, 5.74) is 0.961. The van der Waals surface area contributed by atoms with Crippen molar-refractivity contribution in [1.82, 2.24) is 4.98 Å². The van der Waals surface area contributed by atoms with Crippen molar-refractivity contribution in [3.63, 3.8) is 0 Å². The standard InChI is InChI=1S/C11H14NO2.CO2.Na/c1-11(2)13-7-9(8-14-11)10-5-3-4-6-12-10;2-1-3;/h3-6H,7-8H2,1-2H3;;/q-1;;+1. The van der Waals surface area contributed by atoms with Gasteiger partial charge in [-0.05, 0) is 13.8 Å². The van der Waals surface area contributed by atoms with E-state index < -0.39 is 5.79 Å². The molecule has 0 spiro atoms. The second kappa shape index (κ2) is 8.43. The van der Waals surface area contributed by atoms with Crippen LogP contribution in [-0.4, -0.2) is 30.1 Å². The quantitative estimate of drug-likeness (QED) is 0.440. The number of aromatic nitrogens is 1. The Hall–Kier alpha value is -0.680. The van der Waals surface area contributed by atoms with Crippen LogP contribution in [0.2, 0.25) is 0 Å². The first-order valence-electron chi connectivity index (χ1n) is 5.12. The Kier molecular flexibility index (Phi) is 8.11. The van der Waals surface area contributed by atoms with Gasteiger partial charge in [-0.1, -0.05) is 11.8 Å². The first-order chi connectivity index (χ1) is 8.09. The molecule has 2 heterocycles. The number of nitrogens with zero attached hydrogens (tertiary/aromatic N) is 1. The first kappa shape index (κ1) is 17.3. The minimum absolute atomic E-state index is 0. The van der Waals surface area contributed by atoms with Gasteiger partial charge >= 0.3 is 35.7 Å². The molecule has 0 bridgehead atoms. The molecule has 0 radical (unpaired) electrons. The van der Waals surface area contributed by atoms with Gasteiger partial charge in [-0.2, -0.15) is 15.7 Å². The van der Waals surface area contributed by atoms with Crippen LogP contribution in [-0.2, 0) is 19.1 Å². The number of carbonyl (C=O) groups excluding carboxylic acids is 2. The van der Waals surface area contributed by atoms with Crippen molar-refractivity contribution in [2.24, 2.45) is 0 Å². The number of hydrogen-bond acceptors (Lipinski definition) is 5. The minimum Gasteiger partial charge on any atom is -0.364 e. The Bertz CT molecular complexity index is 367. The predicted octanol–water partition coefficient (Wildman–Crippen LogP) is -1.79. The molecule has 5 nitrogen and oxygen atoms in total. The molecule has 18 heavy (non-hydrogen) atoms. The molecule has 1 saturated heterocycles. The van der Waals surface area contributed by atoms with E-state index in [4.69, 9.17) is 19.1 Å². The van der Waals surface area contributed by atoms with Gasteiger partial charge in [-0.15, -0.1) is 12.0 Å². The second-order valence-corrected chi connectivity index (χ2v) is 3.88. The maximum atomic E-state index is 8.12. The molecule has 0 saturated carbocycles. The molecule has 0 unspecified atom stereocenters. The molecule has 1 aromatic rings. The van der Waals surface area contributed by atoms with Crippen LogP contribution < -0.4 is 29.6 Å². The molecule has 6 heteroatoms. The Balaban J connectivity index is 0.000000660. The van der Waals surface area contributed by atoms with Crippen LogP contribution in [0.25, 0.3) is 0 Å². The van der Waals surface area contributed by atoms with Crippen molar-refractivity contribution in [3.8, 4) is 0 Å². The van der Waals surface area contributed by atoms with E-state index in [-0.39, 0.29) is 35.7 Å². The third kappa shape index (κ3) is 5.78. The first-order valence-corrected chi connectivity index (χ1v) is 5.12. The summed E-state index contributed by atoms with van der Waals surface area (Å²) in [6.45, 7) is 5.04. The van der Waals surface area contributed by atoms with Crippen LogP contribution in [0.5, 0.6) is 0 Å². The van der Waals surface area contributed by atoms with Crippen molar-refractivity contribution in [2.75, 3.05) is 13.2 Å². The summed E-state index contributed by atoms with van der Waals surface area (Å²) in [6.07, 6.45) is 2.03. The fourth-order valence-electron chi connectivity index (χ4n) is 1.32. The molecular weight excluding hydrogens is 245 g/mol. The van der Waals surface area contributed by atoms with Crippen LogP contribution in [0, 0.1) is 5.92 Å². The summed E-state index contributed by atoms with van der Waals surface area (Å²) in [5.74, 6) is 0.642. The molecule has 0 N–H and O–H groups in total. The van der Waals surface area contributed by atoms with E-state index in [0.29, 0.717) is 13.2 Å². The van der Waals surface area contributed by atoms with Gasteiger partial charge < -0.3 is 9.47 Å². The van der Waals surface area contributed by atoms with Crippen LogP contribution >= 0.6 is 0 Å². The number of hydrogen-bond donors (Lipinski definition) is 0. The van der Waals surface area contributed by atoms with Crippen molar-refractivity contribution in [1.29, 1.82) is 0 Å². The SMILES string of the molecule is CC1(C)OC[C-](c2ccccn2)CO1.O=C=O.[Na+]. The number of rotatable bonds is 1. The molecule has 0 aromatic carbocycles. The fraction of sp³-hybridized carbons (Fsp3) is 0.417. The third-order valence-electron chi connectivity index (χ3n) is 2.22. The molecule has 1 aliphatic rings. The van der Waals surface area contributed by atoms with Gasteiger partial charge in [0.2, 0.25) is 0 Å². The van der Waals surface area contributed by atoms with E-state index in [9.17, 15) is 0 Å². The molecule has 0 aliphatic carbocycles. The molecule has 92 valence electrons. The Morgan fingerprint density at radius 3 is 2.28 bits per heavy atom. The number of ether oxygens (including phenoxy) is 2. The average Bonchev–Trinajstić information content (AvgIpc) is 2.31. The molecule has 2 rings (SSSR count). The van der Waals surface area contributed by atoms with Crippen molar-refractivity contribution < 1.29 is 48.6 Å². The number of pyridine rings is 1. The zero-order valence-corrected chi connectivity index (χ0v) is 12.8. The normalized spacial score (nSPS) is 16.7. The Morgan fingerprint density at radius 1 is 1.28 bits per heavy atom. The van der Waals surface area contributed by atoms with Gasteiger partial charge in [0.15, 0.2) is 5.79 Å². The second-order valence-electron chi connectivity index (χ2n) is 3.88. The smallest absolute Gasteiger partial charge is 0.364 e. The van der Waals surface area contributed by atoms with Crippen molar-refractivity contribution in [2.45, 2.75) is 19.6 Å². The summed E-state index contributed by atoms with van der Waals surface area (Å²) >= 11 is 0. The minimum atomic E-state index is -0.460. The van der Waals surface area contributed by atoms with E-state index in [1.54, 1.807) is 6.20 Å². The van der Waals surface area contributed by atoms with Crippen LogP contribution in [0.1, 0.15) is 19.5 Å². The average molecular weight is 259 g/mol. The zero-order valence-electron chi connectivity index (χ0n) is 10.8. The maximum Gasteiger partial charge on any atom is 1.00 e. The van der Waals surface area contributed by atoms with E-state index >= 15 is 0 Å². The third-order valence-corrected chi connectivity index (χ3v) is 2.22. The van der Waals surface area contributed by atoms with Gasteiger partial charge in [-0.3, -0.25) is 4.98 Å². The van der Waals surface area contributed by atoms with Gasteiger partial charge in [0.05, 0.1) is 0 Å². The van der Waals surface area contributed by atoms with Crippen molar-refractivity contribution in [3.05, 3.63) is 36.0 Å². The largest absolute Gasteiger partial charge is 1.00 e. The monoisotopic (exact) mass is 259 g/mol. The van der Waals surface area contributed by atoms with E-state index in [1.807, 2.05) is 32.0 Å². The Morgan fingerprint density at radius 2 is 1.83 bits per heavy atom. The summed E-state index contributed by atoms with van der Waals surface area (Å²) in [4.78, 5) is 20.5. The van der Waals surface area contributed by atoms with Crippen LogP contribution in [0.4, 0.5) is 0 Å². The van der Waals surface area contributed by atoms with E-state index in [1.165, 1.54) is 0 Å². The molecular formula is C12H14NNaO4. The van der Waals surface area contributed by atoms with E-state index in [2.05, 4.69) is 4.98 Å². The topological polar surface area (TPSA) is 65.5 Å². The molecule has 0 atom stereocenters. The zero-order chi connectivity index (χ0) is 12.7. The van der Waals surface area contributed by atoms with Crippen LogP contribution in [0.15, 0.2) is 24.4 Å². The van der Waals surface area contributed by atoms with E-state index in [0.717, 1.165) is 11.6 Å². The summed E-state index contributed by atoms with van der Waals surface area (Å²) < 4.78 is 11.1. The summed E-state index contributed by atoms with van der Waals surface area (Å²) in [6, 6.07) is 5.84. The van der Waals surface area contributed by atoms with Gasteiger partial charge in [-0.25, -0.2) is 0 Å². The van der Waals surface area contributed by atoms with Gasteiger partial charge in [0.25, 0.3) is 0 Å². The molecule has 1 aromatic heterocycles. The van der Waals surface area contributed by atoms with Crippen LogP contribution in [0.3, 0.4) is 0 Å². The Labute approximate surface area is 128 Å².